The van der Waals surface area contributed by atoms with Gasteiger partial charge in [0.1, 0.15) is 5.78 Å². The third-order valence-electron chi connectivity index (χ3n) is 3.74. The Kier molecular flexibility index (Phi) is 5.48. The van der Waals surface area contributed by atoms with Crippen molar-refractivity contribution in [1.29, 1.82) is 0 Å². The molecule has 1 aromatic carbocycles. The normalized spacial score (nSPS) is 16.4. The van der Waals surface area contributed by atoms with E-state index in [2.05, 4.69) is 5.32 Å². The zero-order valence-corrected chi connectivity index (χ0v) is 13.5. The number of Topliss-reactive ketones (excluding diaryl/α,β-unsaturated/α-hetero) is 1. The number of ketones is 1. The number of carbonyl (C=O) groups is 1. The molecule has 1 fully saturated rings. The van der Waals surface area contributed by atoms with Gasteiger partial charge in [-0.05, 0) is 43.0 Å². The Labute approximate surface area is 130 Å². The highest BCUT2D eigenvalue weighted by atomic mass is 35.5. The zero-order valence-electron chi connectivity index (χ0n) is 12.0. The first-order valence-electron chi connectivity index (χ1n) is 7.18. The highest BCUT2D eigenvalue weighted by molar-refractivity contribution is 6.42. The Morgan fingerprint density at radius 3 is 2.55 bits per heavy atom. The lowest BCUT2D eigenvalue weighted by Gasteiger charge is -2.19. The van der Waals surface area contributed by atoms with Crippen molar-refractivity contribution in [1.82, 2.24) is 5.32 Å². The molecule has 1 aliphatic carbocycles. The van der Waals surface area contributed by atoms with Crippen LogP contribution in [0.25, 0.3) is 0 Å². The molecule has 0 bridgehead atoms. The van der Waals surface area contributed by atoms with Gasteiger partial charge in [0.25, 0.3) is 0 Å². The highest BCUT2D eigenvalue weighted by Crippen LogP contribution is 2.30. The third-order valence-corrected chi connectivity index (χ3v) is 4.48. The third kappa shape index (κ3) is 4.21. The molecule has 110 valence electrons. The summed E-state index contributed by atoms with van der Waals surface area (Å²) in [7, 11) is 0. The maximum Gasteiger partial charge on any atom is 0.144 e. The minimum absolute atomic E-state index is 0.0113. The molecule has 0 heterocycles. The molecule has 0 radical (unpaired) electrons. The molecule has 1 aliphatic rings. The number of halogens is 2. The molecule has 2 nitrogen and oxygen atoms in total. The molecular weight excluding hydrogens is 293 g/mol. The van der Waals surface area contributed by atoms with Gasteiger partial charge in [-0.15, -0.1) is 0 Å². The van der Waals surface area contributed by atoms with Crippen LogP contribution in [-0.2, 0) is 4.79 Å². The summed E-state index contributed by atoms with van der Waals surface area (Å²) in [6.07, 6.45) is 2.62. The number of hydrogen-bond acceptors (Lipinski definition) is 2. The van der Waals surface area contributed by atoms with Gasteiger partial charge in [-0.1, -0.05) is 43.1 Å². The molecule has 4 heteroatoms. The van der Waals surface area contributed by atoms with Gasteiger partial charge < -0.3 is 5.32 Å². The van der Waals surface area contributed by atoms with Gasteiger partial charge in [0.05, 0.1) is 16.0 Å². The summed E-state index contributed by atoms with van der Waals surface area (Å²) in [5, 5.41) is 4.45. The fourth-order valence-corrected chi connectivity index (χ4v) is 2.57. The molecule has 0 unspecified atom stereocenters. The van der Waals surface area contributed by atoms with Gasteiger partial charge in [-0.3, -0.25) is 4.79 Å². The smallest absolute Gasteiger partial charge is 0.144 e. The molecule has 0 amide bonds. The monoisotopic (exact) mass is 313 g/mol. The summed E-state index contributed by atoms with van der Waals surface area (Å²) in [6.45, 7) is 5.55. The van der Waals surface area contributed by atoms with E-state index in [1.165, 1.54) is 12.8 Å². The Bertz CT molecular complexity index is 483. The number of carbonyl (C=O) groups excluding carboxylic acids is 1. The molecule has 1 aromatic rings. The van der Waals surface area contributed by atoms with E-state index in [0.29, 0.717) is 16.6 Å². The standard InChI is InChI=1S/C16H21Cl2NO/c1-10(2)16(20)13(9-19-8-11-3-4-11)12-5-6-14(17)15(18)7-12/h5-7,10-11,13,19H,3-4,8-9H2,1-2H3/t13-/m1/s1. The van der Waals surface area contributed by atoms with Crippen LogP contribution in [0.5, 0.6) is 0 Å². The molecule has 1 atom stereocenters. The predicted molar refractivity (Wildman–Crippen MR) is 84.6 cm³/mol. The minimum Gasteiger partial charge on any atom is -0.315 e. The van der Waals surface area contributed by atoms with Crippen LogP contribution in [0.1, 0.15) is 38.2 Å². The van der Waals surface area contributed by atoms with Crippen LogP contribution in [0, 0.1) is 11.8 Å². The SMILES string of the molecule is CC(C)C(=O)[C@H](CNCC1CC1)c1ccc(Cl)c(Cl)c1. The van der Waals surface area contributed by atoms with Crippen LogP contribution in [0.4, 0.5) is 0 Å². The van der Waals surface area contributed by atoms with Crippen LogP contribution in [-0.4, -0.2) is 18.9 Å². The summed E-state index contributed by atoms with van der Waals surface area (Å²) in [4.78, 5) is 12.4. The van der Waals surface area contributed by atoms with E-state index in [0.717, 1.165) is 18.0 Å². The van der Waals surface area contributed by atoms with Crippen molar-refractivity contribution < 1.29 is 4.79 Å². The van der Waals surface area contributed by atoms with E-state index in [1.807, 2.05) is 26.0 Å². The first-order valence-corrected chi connectivity index (χ1v) is 7.94. The lowest BCUT2D eigenvalue weighted by molar-refractivity contribution is -0.123. The Morgan fingerprint density at radius 1 is 1.30 bits per heavy atom. The van der Waals surface area contributed by atoms with Crippen molar-refractivity contribution in [3.8, 4) is 0 Å². The first kappa shape index (κ1) is 15.8. The molecule has 1 saturated carbocycles. The van der Waals surface area contributed by atoms with Crippen LogP contribution < -0.4 is 5.32 Å². The quantitative estimate of drug-likeness (QED) is 0.813. The van der Waals surface area contributed by atoms with Crippen molar-refractivity contribution in [2.45, 2.75) is 32.6 Å². The summed E-state index contributed by atoms with van der Waals surface area (Å²) < 4.78 is 0. The fraction of sp³-hybridized carbons (Fsp3) is 0.562. The van der Waals surface area contributed by atoms with E-state index >= 15 is 0 Å². The van der Waals surface area contributed by atoms with Crippen molar-refractivity contribution >= 4 is 29.0 Å². The van der Waals surface area contributed by atoms with E-state index in [9.17, 15) is 4.79 Å². The average molecular weight is 314 g/mol. The molecule has 0 saturated heterocycles. The van der Waals surface area contributed by atoms with Crippen LogP contribution in [0.3, 0.4) is 0 Å². The van der Waals surface area contributed by atoms with Gasteiger partial charge in [-0.25, -0.2) is 0 Å². The van der Waals surface area contributed by atoms with Crippen LogP contribution >= 0.6 is 23.2 Å². The summed E-state index contributed by atoms with van der Waals surface area (Å²) in [5.74, 6) is 0.908. The second-order valence-corrected chi connectivity index (χ2v) is 6.70. The molecule has 0 aliphatic heterocycles. The van der Waals surface area contributed by atoms with Gasteiger partial charge in [0.2, 0.25) is 0 Å². The first-order chi connectivity index (χ1) is 9.49. The molecule has 1 N–H and O–H groups in total. The second-order valence-electron chi connectivity index (χ2n) is 5.88. The Balaban J connectivity index is 2.10. The van der Waals surface area contributed by atoms with E-state index in [1.54, 1.807) is 6.07 Å². The largest absolute Gasteiger partial charge is 0.315 e. The number of hydrogen-bond donors (Lipinski definition) is 1. The minimum atomic E-state index is -0.150. The Morgan fingerprint density at radius 2 is 2.00 bits per heavy atom. The van der Waals surface area contributed by atoms with Crippen molar-refractivity contribution in [3.63, 3.8) is 0 Å². The topological polar surface area (TPSA) is 29.1 Å². The molecule has 2 rings (SSSR count). The number of nitrogens with one attached hydrogen (secondary N) is 1. The predicted octanol–water partition coefficient (Wildman–Crippen LogP) is 4.30. The summed E-state index contributed by atoms with van der Waals surface area (Å²) in [5.41, 5.74) is 0.946. The maximum atomic E-state index is 12.4. The zero-order chi connectivity index (χ0) is 14.7. The van der Waals surface area contributed by atoms with Gasteiger partial charge >= 0.3 is 0 Å². The fourth-order valence-electron chi connectivity index (χ4n) is 2.27. The summed E-state index contributed by atoms with van der Waals surface area (Å²) in [6, 6.07) is 5.48. The number of benzene rings is 1. The maximum absolute atomic E-state index is 12.4. The van der Waals surface area contributed by atoms with E-state index in [4.69, 9.17) is 23.2 Å². The van der Waals surface area contributed by atoms with Gasteiger partial charge in [0, 0.05) is 12.5 Å². The van der Waals surface area contributed by atoms with Crippen molar-refractivity contribution in [2.75, 3.05) is 13.1 Å². The van der Waals surface area contributed by atoms with Gasteiger partial charge in [-0.2, -0.15) is 0 Å². The summed E-state index contributed by atoms with van der Waals surface area (Å²) >= 11 is 12.0. The molecule has 0 aromatic heterocycles. The van der Waals surface area contributed by atoms with Crippen LogP contribution in [0.15, 0.2) is 18.2 Å². The molecular formula is C16H21Cl2NO. The van der Waals surface area contributed by atoms with Crippen molar-refractivity contribution in [2.24, 2.45) is 11.8 Å². The highest BCUT2D eigenvalue weighted by Gasteiger charge is 2.25. The molecule has 0 spiro atoms. The lowest BCUT2D eigenvalue weighted by atomic mass is 9.88. The Hall–Kier alpha value is -0.570. The molecule has 20 heavy (non-hydrogen) atoms. The van der Waals surface area contributed by atoms with E-state index in [-0.39, 0.29) is 17.6 Å². The van der Waals surface area contributed by atoms with Gasteiger partial charge in [0.15, 0.2) is 0 Å². The number of rotatable bonds is 7. The second kappa shape index (κ2) is 6.93. The average Bonchev–Trinajstić information content (AvgIpc) is 3.21. The lowest BCUT2D eigenvalue weighted by Crippen LogP contribution is -2.30. The van der Waals surface area contributed by atoms with Crippen LogP contribution in [0.2, 0.25) is 10.0 Å². The van der Waals surface area contributed by atoms with E-state index < -0.39 is 0 Å². The van der Waals surface area contributed by atoms with Crippen molar-refractivity contribution in [3.05, 3.63) is 33.8 Å².